The van der Waals surface area contributed by atoms with E-state index in [1.165, 1.54) is 12.1 Å². The van der Waals surface area contributed by atoms with Crippen molar-refractivity contribution >= 4 is 23.6 Å². The SMILES string of the molecule is O=Cc1cc(Cl)cc(N=O)c1O. The van der Waals surface area contributed by atoms with Crippen LogP contribution in [0.25, 0.3) is 0 Å². The van der Waals surface area contributed by atoms with Crippen LogP contribution >= 0.6 is 11.6 Å². The van der Waals surface area contributed by atoms with Gasteiger partial charge >= 0.3 is 0 Å². The summed E-state index contributed by atoms with van der Waals surface area (Å²) in [4.78, 5) is 20.3. The number of rotatable bonds is 2. The molecule has 0 aliphatic carbocycles. The molecule has 0 heterocycles. The first-order valence-electron chi connectivity index (χ1n) is 3.00. The van der Waals surface area contributed by atoms with Crippen molar-refractivity contribution in [1.29, 1.82) is 0 Å². The predicted molar refractivity (Wildman–Crippen MR) is 44.0 cm³/mol. The minimum atomic E-state index is -0.440. The van der Waals surface area contributed by atoms with Crippen molar-refractivity contribution < 1.29 is 9.90 Å². The number of nitroso groups, excluding NO2 is 1. The second kappa shape index (κ2) is 3.32. The first kappa shape index (κ1) is 8.67. The Morgan fingerprint density at radius 1 is 1.50 bits per heavy atom. The van der Waals surface area contributed by atoms with Gasteiger partial charge in [-0.15, -0.1) is 4.91 Å². The van der Waals surface area contributed by atoms with E-state index in [-0.39, 0.29) is 16.3 Å². The van der Waals surface area contributed by atoms with E-state index in [0.29, 0.717) is 6.29 Å². The van der Waals surface area contributed by atoms with Crippen molar-refractivity contribution in [2.45, 2.75) is 0 Å². The van der Waals surface area contributed by atoms with Gasteiger partial charge in [-0.3, -0.25) is 4.79 Å². The van der Waals surface area contributed by atoms with Gasteiger partial charge in [0.25, 0.3) is 0 Å². The summed E-state index contributed by atoms with van der Waals surface area (Å²) in [6.07, 6.45) is 0.399. The molecule has 0 spiro atoms. The lowest BCUT2D eigenvalue weighted by molar-refractivity contribution is 0.112. The van der Waals surface area contributed by atoms with E-state index in [2.05, 4.69) is 5.18 Å². The van der Waals surface area contributed by atoms with Gasteiger partial charge in [0.15, 0.2) is 17.7 Å². The summed E-state index contributed by atoms with van der Waals surface area (Å²) in [6, 6.07) is 2.43. The molecule has 0 unspecified atom stereocenters. The predicted octanol–water partition coefficient (Wildman–Crippen LogP) is 2.26. The van der Waals surface area contributed by atoms with E-state index >= 15 is 0 Å². The Kier molecular flexibility index (Phi) is 2.40. The van der Waals surface area contributed by atoms with Gasteiger partial charge in [-0.05, 0) is 17.3 Å². The van der Waals surface area contributed by atoms with E-state index in [4.69, 9.17) is 16.7 Å². The smallest absolute Gasteiger partial charge is 0.155 e. The highest BCUT2D eigenvalue weighted by Gasteiger charge is 2.08. The van der Waals surface area contributed by atoms with Crippen LogP contribution in [0.2, 0.25) is 5.02 Å². The number of hydrogen-bond acceptors (Lipinski definition) is 4. The molecular weight excluding hydrogens is 182 g/mol. The number of nitrogens with zero attached hydrogens (tertiary/aromatic N) is 1. The summed E-state index contributed by atoms with van der Waals surface area (Å²) >= 11 is 5.51. The van der Waals surface area contributed by atoms with Crippen LogP contribution in [-0.2, 0) is 0 Å². The van der Waals surface area contributed by atoms with Gasteiger partial charge in [-0.1, -0.05) is 11.6 Å². The number of hydrogen-bond donors (Lipinski definition) is 1. The van der Waals surface area contributed by atoms with E-state index in [1.807, 2.05) is 0 Å². The number of carbonyl (C=O) groups is 1. The van der Waals surface area contributed by atoms with Crippen molar-refractivity contribution in [3.63, 3.8) is 0 Å². The molecule has 0 saturated heterocycles. The fraction of sp³-hybridized carbons (Fsp3) is 0. The van der Waals surface area contributed by atoms with Gasteiger partial charge in [0.2, 0.25) is 0 Å². The van der Waals surface area contributed by atoms with Gasteiger partial charge in [0.1, 0.15) is 0 Å². The molecule has 0 aliphatic heterocycles. The minimum absolute atomic E-state index is 0.0444. The molecule has 0 atom stereocenters. The van der Waals surface area contributed by atoms with Crippen LogP contribution in [0.4, 0.5) is 5.69 Å². The van der Waals surface area contributed by atoms with Gasteiger partial charge in [0, 0.05) is 5.02 Å². The molecule has 12 heavy (non-hydrogen) atoms. The maximum atomic E-state index is 10.3. The molecule has 1 N–H and O–H groups in total. The molecular formula is C7H4ClNO3. The lowest BCUT2D eigenvalue weighted by Crippen LogP contribution is -1.81. The molecule has 1 rings (SSSR count). The standard InChI is InChI=1S/C7H4ClNO3/c8-5-1-4(3-10)7(11)6(2-5)9-12/h1-3,11H. The largest absolute Gasteiger partial charge is 0.505 e. The Balaban J connectivity index is 3.41. The second-order valence-corrected chi connectivity index (χ2v) is 2.51. The van der Waals surface area contributed by atoms with Crippen LogP contribution in [-0.4, -0.2) is 11.4 Å². The first-order valence-corrected chi connectivity index (χ1v) is 3.38. The van der Waals surface area contributed by atoms with Crippen LogP contribution in [0.3, 0.4) is 0 Å². The van der Waals surface area contributed by atoms with Crippen molar-refractivity contribution in [1.82, 2.24) is 0 Å². The molecule has 1 aromatic carbocycles. The summed E-state index contributed by atoms with van der Waals surface area (Å²) in [7, 11) is 0. The summed E-state index contributed by atoms with van der Waals surface area (Å²) in [5.41, 5.74) is -0.276. The molecule has 0 amide bonds. The quantitative estimate of drug-likeness (QED) is 0.568. The van der Waals surface area contributed by atoms with Crippen molar-refractivity contribution in [2.24, 2.45) is 5.18 Å². The van der Waals surface area contributed by atoms with Crippen LogP contribution in [0.5, 0.6) is 5.75 Å². The summed E-state index contributed by atoms with van der Waals surface area (Å²) in [5, 5.41) is 11.8. The Hall–Kier alpha value is -1.42. The normalized spacial score (nSPS) is 9.42. The van der Waals surface area contributed by atoms with Crippen molar-refractivity contribution in [2.75, 3.05) is 0 Å². The molecule has 4 nitrogen and oxygen atoms in total. The number of aldehydes is 1. The third kappa shape index (κ3) is 1.43. The Labute approximate surface area is 72.8 Å². The van der Waals surface area contributed by atoms with Crippen molar-refractivity contribution in [3.8, 4) is 5.75 Å². The number of benzene rings is 1. The molecule has 0 fully saturated rings. The Morgan fingerprint density at radius 3 is 2.67 bits per heavy atom. The Bertz CT molecular complexity index is 308. The molecule has 0 radical (unpaired) electrons. The third-order valence-corrected chi connectivity index (χ3v) is 1.53. The van der Waals surface area contributed by atoms with Crippen LogP contribution in [0, 0.1) is 4.91 Å². The fourth-order valence-corrected chi connectivity index (χ4v) is 0.986. The monoisotopic (exact) mass is 185 g/mol. The number of phenolic OH excluding ortho intramolecular Hbond substituents is 1. The van der Waals surface area contributed by atoms with Gasteiger partial charge < -0.3 is 5.11 Å². The first-order chi connectivity index (χ1) is 5.69. The highest BCUT2D eigenvalue weighted by molar-refractivity contribution is 6.31. The number of aromatic hydroxyl groups is 1. The lowest BCUT2D eigenvalue weighted by atomic mass is 10.2. The van der Waals surface area contributed by atoms with Crippen LogP contribution < -0.4 is 0 Å². The number of carbonyl (C=O) groups excluding carboxylic acids is 1. The molecule has 0 aromatic heterocycles. The molecule has 62 valence electrons. The maximum Gasteiger partial charge on any atom is 0.155 e. The van der Waals surface area contributed by atoms with E-state index in [0.717, 1.165) is 0 Å². The molecule has 0 saturated carbocycles. The van der Waals surface area contributed by atoms with E-state index in [1.54, 1.807) is 0 Å². The zero-order chi connectivity index (χ0) is 9.14. The van der Waals surface area contributed by atoms with E-state index < -0.39 is 5.75 Å². The van der Waals surface area contributed by atoms with Crippen molar-refractivity contribution in [3.05, 3.63) is 27.6 Å². The topological polar surface area (TPSA) is 66.7 Å². The average molecular weight is 186 g/mol. The number of phenols is 1. The van der Waals surface area contributed by atoms with Gasteiger partial charge in [0.05, 0.1) is 5.56 Å². The van der Waals surface area contributed by atoms with Gasteiger partial charge in [-0.25, -0.2) is 0 Å². The van der Waals surface area contributed by atoms with Gasteiger partial charge in [-0.2, -0.15) is 0 Å². The fourth-order valence-electron chi connectivity index (χ4n) is 0.765. The molecule has 1 aromatic rings. The average Bonchev–Trinajstić information content (AvgIpc) is 2.08. The van der Waals surface area contributed by atoms with Crippen LogP contribution in [0.1, 0.15) is 10.4 Å². The minimum Gasteiger partial charge on any atom is -0.505 e. The third-order valence-electron chi connectivity index (χ3n) is 1.31. The summed E-state index contributed by atoms with van der Waals surface area (Å²) < 4.78 is 0. The molecule has 0 aliphatic rings. The van der Waals surface area contributed by atoms with Crippen LogP contribution in [0.15, 0.2) is 17.3 Å². The molecule has 5 heteroatoms. The maximum absolute atomic E-state index is 10.3. The molecule has 0 bridgehead atoms. The highest BCUT2D eigenvalue weighted by Crippen LogP contribution is 2.32. The lowest BCUT2D eigenvalue weighted by Gasteiger charge is -1.99. The zero-order valence-corrected chi connectivity index (χ0v) is 6.58. The van der Waals surface area contributed by atoms with E-state index in [9.17, 15) is 9.70 Å². The number of halogens is 1. The zero-order valence-electron chi connectivity index (χ0n) is 5.82. The highest BCUT2D eigenvalue weighted by atomic mass is 35.5. The summed E-state index contributed by atoms with van der Waals surface area (Å²) in [6.45, 7) is 0. The Morgan fingerprint density at radius 2 is 2.17 bits per heavy atom. The summed E-state index contributed by atoms with van der Waals surface area (Å²) in [5.74, 6) is -0.440. The second-order valence-electron chi connectivity index (χ2n) is 2.07.